The first-order chi connectivity index (χ1) is 22.7. The first-order valence-corrected chi connectivity index (χ1v) is 16.9. The fourth-order valence-electron chi connectivity index (χ4n) is 7.81. The molecule has 0 spiro atoms. The fraction of sp³-hybridized carbons (Fsp3) is 0.0698. The molecule has 1 aliphatic rings. The fourth-order valence-corrected chi connectivity index (χ4v) is 9.20. The summed E-state index contributed by atoms with van der Waals surface area (Å²) in [7, 11) is 0. The Morgan fingerprint density at radius 1 is 0.543 bits per heavy atom. The number of nitrogens with zero attached hydrogens (tertiary/aromatic N) is 2. The summed E-state index contributed by atoms with van der Waals surface area (Å²) in [5.74, 6) is 0.571. The predicted molar refractivity (Wildman–Crippen MR) is 198 cm³/mol. The van der Waals surface area contributed by atoms with E-state index < -0.39 is 0 Å². The summed E-state index contributed by atoms with van der Waals surface area (Å²) in [4.78, 5) is 1.52. The van der Waals surface area contributed by atoms with Crippen molar-refractivity contribution in [3.8, 4) is 22.5 Å². The summed E-state index contributed by atoms with van der Waals surface area (Å²) in [5.41, 5.74) is 11.2. The molecule has 9 aromatic rings. The van der Waals surface area contributed by atoms with Crippen LogP contribution in [-0.2, 0) is 0 Å². The highest BCUT2D eigenvalue weighted by atomic mass is 32.1. The Morgan fingerprint density at radius 3 is 1.85 bits per heavy atom. The predicted octanol–water partition coefficient (Wildman–Crippen LogP) is 12.3. The molecule has 0 saturated heterocycles. The summed E-state index contributed by atoms with van der Waals surface area (Å²) in [6, 6.07) is 49.2. The van der Waals surface area contributed by atoms with Crippen LogP contribution in [0.15, 0.2) is 140 Å². The maximum atomic E-state index is 2.44. The van der Waals surface area contributed by atoms with E-state index in [2.05, 4.69) is 162 Å². The molecule has 0 N–H and O–H groups in total. The third kappa shape index (κ3) is 3.64. The lowest BCUT2D eigenvalue weighted by Gasteiger charge is -2.12. The van der Waals surface area contributed by atoms with Crippen molar-refractivity contribution < 1.29 is 0 Å². The molecule has 0 radical (unpaired) electrons. The van der Waals surface area contributed by atoms with Crippen LogP contribution in [-0.4, -0.2) is 9.13 Å². The highest BCUT2D eigenvalue weighted by Gasteiger charge is 2.21. The molecule has 6 aromatic carbocycles. The normalized spacial score (nSPS) is 14.7. The molecular formula is C43H30N2S. The molecule has 1 unspecified atom stereocenters. The summed E-state index contributed by atoms with van der Waals surface area (Å²) in [6.07, 6.45) is 5.79. The zero-order valence-electron chi connectivity index (χ0n) is 25.4. The van der Waals surface area contributed by atoms with Gasteiger partial charge in [-0.1, -0.05) is 104 Å². The maximum absolute atomic E-state index is 2.44. The molecule has 1 atom stereocenters. The molecule has 10 rings (SSSR count). The van der Waals surface area contributed by atoms with E-state index in [1.54, 1.807) is 0 Å². The molecule has 0 fully saturated rings. The highest BCUT2D eigenvalue weighted by Crippen LogP contribution is 2.45. The first-order valence-electron chi connectivity index (χ1n) is 16.1. The third-order valence-electron chi connectivity index (χ3n) is 9.91. The van der Waals surface area contributed by atoms with Gasteiger partial charge in [0, 0.05) is 47.9 Å². The van der Waals surface area contributed by atoms with Crippen LogP contribution in [0.5, 0.6) is 0 Å². The molecule has 0 aliphatic heterocycles. The van der Waals surface area contributed by atoms with Gasteiger partial charge in [0.05, 0.1) is 22.1 Å². The summed E-state index contributed by atoms with van der Waals surface area (Å²) in [6.45, 7) is 2.35. The number of allylic oxidation sites excluding steroid dienone is 1. The average molecular weight is 607 g/mol. The number of hydrogen-bond donors (Lipinski definition) is 0. The van der Waals surface area contributed by atoms with Gasteiger partial charge in [-0.3, -0.25) is 0 Å². The summed E-state index contributed by atoms with van der Waals surface area (Å²) < 4.78 is 6.24. The van der Waals surface area contributed by atoms with Crippen LogP contribution in [0, 0.1) is 0 Å². The molecule has 218 valence electrons. The second kappa shape index (κ2) is 9.81. The number of para-hydroxylation sites is 3. The SMILES string of the molecule is CC1CC=Cc2c1sc1c(-c3cccc(-n4c5ccccc5c5cc(-n6c7ccccc7c7ccccc76)ccc54)c3)cccc21. The average Bonchev–Trinajstić information content (AvgIpc) is 3.77. The molecule has 0 bridgehead atoms. The van der Waals surface area contributed by atoms with Gasteiger partial charge in [0.2, 0.25) is 0 Å². The van der Waals surface area contributed by atoms with Crippen molar-refractivity contribution in [1.29, 1.82) is 0 Å². The highest BCUT2D eigenvalue weighted by molar-refractivity contribution is 7.20. The number of fused-ring (bicyclic) bond motifs is 9. The Balaban J connectivity index is 1.18. The van der Waals surface area contributed by atoms with Gasteiger partial charge in [-0.05, 0) is 77.6 Å². The number of benzene rings is 6. The van der Waals surface area contributed by atoms with Crippen LogP contribution in [0.2, 0.25) is 0 Å². The Kier molecular flexibility index (Phi) is 5.52. The molecule has 46 heavy (non-hydrogen) atoms. The lowest BCUT2D eigenvalue weighted by atomic mass is 9.93. The lowest BCUT2D eigenvalue weighted by Crippen LogP contribution is -1.96. The van der Waals surface area contributed by atoms with Crippen LogP contribution in [0.4, 0.5) is 0 Å². The zero-order valence-corrected chi connectivity index (χ0v) is 26.3. The lowest BCUT2D eigenvalue weighted by molar-refractivity contribution is 0.791. The smallest absolute Gasteiger partial charge is 0.0542 e. The van der Waals surface area contributed by atoms with Gasteiger partial charge in [-0.25, -0.2) is 0 Å². The van der Waals surface area contributed by atoms with Gasteiger partial charge in [-0.15, -0.1) is 11.3 Å². The van der Waals surface area contributed by atoms with Gasteiger partial charge >= 0.3 is 0 Å². The molecule has 0 amide bonds. The van der Waals surface area contributed by atoms with Crippen molar-refractivity contribution in [3.05, 3.63) is 150 Å². The van der Waals surface area contributed by atoms with Crippen molar-refractivity contribution in [1.82, 2.24) is 9.13 Å². The minimum atomic E-state index is 0.571. The van der Waals surface area contributed by atoms with E-state index in [4.69, 9.17) is 0 Å². The van der Waals surface area contributed by atoms with Gasteiger partial charge in [0.15, 0.2) is 0 Å². The van der Waals surface area contributed by atoms with Crippen LogP contribution >= 0.6 is 11.3 Å². The zero-order chi connectivity index (χ0) is 30.4. The number of rotatable bonds is 3. The molecule has 3 aromatic heterocycles. The molecule has 3 heterocycles. The standard InChI is InChI=1S/C43H30N2S/c1-27-11-8-18-35-36-19-10-17-31(43(36)46-42(27)35)28-12-9-13-29(25-28)44-40-22-7-4-16-34(40)37-26-30(23-24-41(37)44)45-38-20-5-2-14-32(38)33-15-3-6-21-39(33)45/h2-10,12-27H,11H2,1H3. The van der Waals surface area contributed by atoms with Crippen molar-refractivity contribution >= 4 is 71.1 Å². The Bertz CT molecular complexity index is 2640. The van der Waals surface area contributed by atoms with E-state index in [9.17, 15) is 0 Å². The van der Waals surface area contributed by atoms with Crippen LogP contribution in [0.25, 0.3) is 82.3 Å². The monoisotopic (exact) mass is 606 g/mol. The van der Waals surface area contributed by atoms with E-state index in [1.165, 1.54) is 86.6 Å². The summed E-state index contributed by atoms with van der Waals surface area (Å²) in [5, 5.41) is 6.46. The van der Waals surface area contributed by atoms with Crippen molar-refractivity contribution in [3.63, 3.8) is 0 Å². The van der Waals surface area contributed by atoms with Crippen molar-refractivity contribution in [2.75, 3.05) is 0 Å². The van der Waals surface area contributed by atoms with Gasteiger partial charge in [0.25, 0.3) is 0 Å². The van der Waals surface area contributed by atoms with E-state index in [-0.39, 0.29) is 0 Å². The summed E-state index contributed by atoms with van der Waals surface area (Å²) >= 11 is 1.98. The second-order valence-electron chi connectivity index (χ2n) is 12.6. The minimum absolute atomic E-state index is 0.571. The van der Waals surface area contributed by atoms with E-state index in [0.717, 1.165) is 6.42 Å². The van der Waals surface area contributed by atoms with E-state index in [1.807, 2.05) is 11.3 Å². The Hall–Kier alpha value is -5.38. The second-order valence-corrected chi connectivity index (χ2v) is 13.6. The van der Waals surface area contributed by atoms with Gasteiger partial charge < -0.3 is 9.13 Å². The van der Waals surface area contributed by atoms with Gasteiger partial charge in [0.1, 0.15) is 0 Å². The largest absolute Gasteiger partial charge is 0.309 e. The Morgan fingerprint density at radius 2 is 1.13 bits per heavy atom. The Labute approximate surface area is 271 Å². The quantitative estimate of drug-likeness (QED) is 0.189. The minimum Gasteiger partial charge on any atom is -0.309 e. The molecule has 1 aliphatic carbocycles. The topological polar surface area (TPSA) is 9.86 Å². The molecular weight excluding hydrogens is 577 g/mol. The van der Waals surface area contributed by atoms with E-state index in [0.29, 0.717) is 5.92 Å². The van der Waals surface area contributed by atoms with Crippen molar-refractivity contribution in [2.45, 2.75) is 19.3 Å². The van der Waals surface area contributed by atoms with Crippen LogP contribution in [0.1, 0.15) is 29.7 Å². The number of hydrogen-bond acceptors (Lipinski definition) is 1. The maximum Gasteiger partial charge on any atom is 0.0542 e. The molecule has 2 nitrogen and oxygen atoms in total. The first kappa shape index (κ1) is 25.9. The van der Waals surface area contributed by atoms with Gasteiger partial charge in [-0.2, -0.15) is 0 Å². The van der Waals surface area contributed by atoms with Crippen molar-refractivity contribution in [2.24, 2.45) is 0 Å². The number of thiophene rings is 1. The van der Waals surface area contributed by atoms with E-state index >= 15 is 0 Å². The molecule has 0 saturated carbocycles. The van der Waals surface area contributed by atoms with Crippen LogP contribution < -0.4 is 0 Å². The third-order valence-corrected chi connectivity index (χ3v) is 11.4. The number of aromatic nitrogens is 2. The molecule has 3 heteroatoms. The van der Waals surface area contributed by atoms with Crippen LogP contribution in [0.3, 0.4) is 0 Å².